The van der Waals surface area contributed by atoms with Gasteiger partial charge in [0.15, 0.2) is 5.82 Å². The lowest BCUT2D eigenvalue weighted by atomic mass is 9.90. The Balaban J connectivity index is 1.48. The van der Waals surface area contributed by atoms with E-state index < -0.39 is 11.5 Å². The van der Waals surface area contributed by atoms with Crippen molar-refractivity contribution in [3.8, 4) is 0 Å². The van der Waals surface area contributed by atoms with Crippen molar-refractivity contribution in [2.75, 3.05) is 0 Å². The zero-order valence-electron chi connectivity index (χ0n) is 24.4. The summed E-state index contributed by atoms with van der Waals surface area (Å²) in [5, 5.41) is 16.3. The molecule has 0 radical (unpaired) electrons. The Kier molecular flexibility index (Phi) is 8.73. The minimum atomic E-state index is -0.690. The van der Waals surface area contributed by atoms with Gasteiger partial charge in [0.1, 0.15) is 17.2 Å². The summed E-state index contributed by atoms with van der Waals surface area (Å²) in [6, 6.07) is 11.5. The fraction of sp³-hybridized carbons (Fsp3) is 0.484. The van der Waals surface area contributed by atoms with Gasteiger partial charge >= 0.3 is 0 Å². The van der Waals surface area contributed by atoms with Crippen LogP contribution < -0.4 is 5.32 Å². The molecule has 2 N–H and O–H groups in total. The third-order valence-corrected chi connectivity index (χ3v) is 8.80. The molecule has 5 rings (SSSR count). The standard InChI is InChI=1S/C31H37ClFN7O2/c1-18(2)5-12-26(20-6-8-21(9-7-20)29(41)34-17-27-36-38-39-37-27)40-30(42)28(22-10-11-25(33)24(32)15-22)35-31(40)14-13-23(16-31)19(3)4/h6-11,15,18-19,23,26H,5,12-14,16-17H2,1-4H3,(H,34,41)(H,36,37,38,39)/t23?,26-,31?/m1/s1. The van der Waals surface area contributed by atoms with Crippen LogP contribution in [0.2, 0.25) is 5.02 Å². The summed E-state index contributed by atoms with van der Waals surface area (Å²) in [5.74, 6) is 0.748. The third kappa shape index (κ3) is 6.09. The summed E-state index contributed by atoms with van der Waals surface area (Å²) in [6.45, 7) is 8.93. The molecule has 1 fully saturated rings. The van der Waals surface area contributed by atoms with Gasteiger partial charge in [-0.1, -0.05) is 56.6 Å². The molecule has 3 aromatic rings. The largest absolute Gasteiger partial charge is 0.345 e. The smallest absolute Gasteiger partial charge is 0.275 e. The second kappa shape index (κ2) is 12.3. The highest BCUT2D eigenvalue weighted by Crippen LogP contribution is 2.50. The van der Waals surface area contributed by atoms with E-state index in [0.29, 0.717) is 40.4 Å². The molecular weight excluding hydrogens is 557 g/mol. The average Bonchev–Trinajstić information content (AvgIpc) is 3.70. The van der Waals surface area contributed by atoms with Crippen LogP contribution in [0.5, 0.6) is 0 Å². The molecule has 9 nitrogen and oxygen atoms in total. The molecule has 1 saturated carbocycles. The van der Waals surface area contributed by atoms with E-state index in [9.17, 15) is 14.0 Å². The molecular formula is C31H37ClFN7O2. The first kappa shape index (κ1) is 29.8. The normalized spacial score (nSPS) is 21.0. The van der Waals surface area contributed by atoms with Gasteiger partial charge in [-0.2, -0.15) is 5.21 Å². The minimum Gasteiger partial charge on any atom is -0.345 e. The first-order valence-corrected chi connectivity index (χ1v) is 14.9. The quantitative estimate of drug-likeness (QED) is 0.304. The highest BCUT2D eigenvalue weighted by Gasteiger charge is 2.54. The third-order valence-electron chi connectivity index (χ3n) is 8.51. The number of halogens is 2. The van der Waals surface area contributed by atoms with E-state index in [4.69, 9.17) is 16.6 Å². The molecule has 1 aromatic heterocycles. The van der Waals surface area contributed by atoms with Gasteiger partial charge in [0, 0.05) is 11.1 Å². The number of hydrogen-bond donors (Lipinski definition) is 2. The Bertz CT molecular complexity index is 1460. The Morgan fingerprint density at radius 2 is 1.93 bits per heavy atom. The molecule has 1 spiro atoms. The van der Waals surface area contributed by atoms with Gasteiger partial charge in [-0.15, -0.1) is 10.2 Å². The lowest BCUT2D eigenvalue weighted by Gasteiger charge is -2.40. The van der Waals surface area contributed by atoms with Crippen LogP contribution in [0.1, 0.15) is 93.2 Å². The van der Waals surface area contributed by atoms with Crippen LogP contribution in [0, 0.1) is 23.6 Å². The predicted octanol–water partition coefficient (Wildman–Crippen LogP) is 5.88. The average molecular weight is 594 g/mol. The van der Waals surface area contributed by atoms with Gasteiger partial charge in [0.25, 0.3) is 11.8 Å². The Hall–Kier alpha value is -3.66. The number of carbonyl (C=O) groups excluding carboxylic acids is 2. The molecule has 2 heterocycles. The molecule has 2 amide bonds. The zero-order valence-corrected chi connectivity index (χ0v) is 25.2. The first-order chi connectivity index (χ1) is 20.1. The van der Waals surface area contributed by atoms with Crippen molar-refractivity contribution >= 4 is 29.1 Å². The summed E-state index contributed by atoms with van der Waals surface area (Å²) >= 11 is 6.13. The van der Waals surface area contributed by atoms with Crippen molar-refractivity contribution in [1.82, 2.24) is 30.8 Å². The lowest BCUT2D eigenvalue weighted by Crippen LogP contribution is -2.47. The van der Waals surface area contributed by atoms with Crippen LogP contribution in [0.15, 0.2) is 47.5 Å². The molecule has 2 aliphatic rings. The molecule has 1 aliphatic carbocycles. The fourth-order valence-electron chi connectivity index (χ4n) is 6.12. The van der Waals surface area contributed by atoms with Gasteiger partial charge < -0.3 is 10.2 Å². The minimum absolute atomic E-state index is 0.0356. The van der Waals surface area contributed by atoms with E-state index in [0.717, 1.165) is 37.7 Å². The topological polar surface area (TPSA) is 116 Å². The maximum absolute atomic E-state index is 14.3. The fourth-order valence-corrected chi connectivity index (χ4v) is 6.30. The van der Waals surface area contributed by atoms with E-state index >= 15 is 0 Å². The van der Waals surface area contributed by atoms with Crippen LogP contribution in [0.4, 0.5) is 4.39 Å². The van der Waals surface area contributed by atoms with Crippen molar-refractivity contribution in [2.45, 2.75) is 78.0 Å². The highest BCUT2D eigenvalue weighted by atomic mass is 35.5. The SMILES string of the molecule is CC(C)CC[C@H](c1ccc(C(=O)NCc2nn[nH]n2)cc1)N1C(=O)C(c2ccc(F)c(Cl)c2)=NC12CCC(C(C)C)C2. The number of tetrazole rings is 1. The second-order valence-electron chi connectivity index (χ2n) is 12.1. The van der Waals surface area contributed by atoms with E-state index in [1.54, 1.807) is 18.2 Å². The Morgan fingerprint density at radius 1 is 1.17 bits per heavy atom. The number of aliphatic imine (C=N–C) groups is 1. The first-order valence-electron chi connectivity index (χ1n) is 14.6. The number of benzene rings is 2. The number of hydrogen-bond acceptors (Lipinski definition) is 6. The number of aromatic amines is 1. The number of carbonyl (C=O) groups is 2. The number of amides is 2. The van der Waals surface area contributed by atoms with E-state index in [-0.39, 0.29) is 29.4 Å². The van der Waals surface area contributed by atoms with Crippen molar-refractivity contribution in [3.63, 3.8) is 0 Å². The molecule has 2 unspecified atom stereocenters. The van der Waals surface area contributed by atoms with Gasteiger partial charge in [-0.05, 0) is 85.8 Å². The lowest BCUT2D eigenvalue weighted by molar-refractivity contribution is -0.131. The van der Waals surface area contributed by atoms with Crippen LogP contribution in [0.3, 0.4) is 0 Å². The zero-order chi connectivity index (χ0) is 30.0. The van der Waals surface area contributed by atoms with Crippen LogP contribution >= 0.6 is 11.6 Å². The van der Waals surface area contributed by atoms with E-state index in [2.05, 4.69) is 53.6 Å². The summed E-state index contributed by atoms with van der Waals surface area (Å²) < 4.78 is 14.0. The summed E-state index contributed by atoms with van der Waals surface area (Å²) in [5.41, 5.74) is 1.60. The monoisotopic (exact) mass is 593 g/mol. The summed E-state index contributed by atoms with van der Waals surface area (Å²) in [4.78, 5) is 34.3. The highest BCUT2D eigenvalue weighted by molar-refractivity contribution is 6.47. The predicted molar refractivity (Wildman–Crippen MR) is 158 cm³/mol. The Morgan fingerprint density at radius 3 is 2.55 bits per heavy atom. The summed E-state index contributed by atoms with van der Waals surface area (Å²) in [6.07, 6.45) is 4.15. The summed E-state index contributed by atoms with van der Waals surface area (Å²) in [7, 11) is 0. The molecule has 42 heavy (non-hydrogen) atoms. The molecule has 11 heteroatoms. The van der Waals surface area contributed by atoms with Gasteiger partial charge in [0.2, 0.25) is 0 Å². The number of rotatable bonds is 10. The van der Waals surface area contributed by atoms with E-state index in [1.165, 1.54) is 12.1 Å². The van der Waals surface area contributed by atoms with E-state index in [1.807, 2.05) is 17.0 Å². The van der Waals surface area contributed by atoms with Gasteiger partial charge in [-0.25, -0.2) is 4.39 Å². The van der Waals surface area contributed by atoms with Crippen LogP contribution in [-0.4, -0.2) is 48.7 Å². The molecule has 1 aliphatic heterocycles. The van der Waals surface area contributed by atoms with Crippen molar-refractivity contribution in [2.24, 2.45) is 22.7 Å². The van der Waals surface area contributed by atoms with Gasteiger partial charge in [-0.3, -0.25) is 14.6 Å². The van der Waals surface area contributed by atoms with Crippen molar-refractivity contribution in [1.29, 1.82) is 0 Å². The van der Waals surface area contributed by atoms with Gasteiger partial charge in [0.05, 0.1) is 17.6 Å². The maximum Gasteiger partial charge on any atom is 0.275 e. The van der Waals surface area contributed by atoms with Crippen LogP contribution in [-0.2, 0) is 11.3 Å². The molecule has 3 atom stereocenters. The number of nitrogens with one attached hydrogen (secondary N) is 2. The van der Waals surface area contributed by atoms with Crippen molar-refractivity contribution < 1.29 is 14.0 Å². The molecule has 0 bridgehead atoms. The Labute approximate surface area is 250 Å². The molecule has 2 aromatic carbocycles. The number of H-pyrrole nitrogens is 1. The maximum atomic E-state index is 14.3. The molecule has 0 saturated heterocycles. The van der Waals surface area contributed by atoms with Crippen LogP contribution in [0.25, 0.3) is 0 Å². The number of aromatic nitrogens is 4. The van der Waals surface area contributed by atoms with Crippen molar-refractivity contribution in [3.05, 3.63) is 75.8 Å². The second-order valence-corrected chi connectivity index (χ2v) is 12.5. The number of nitrogens with zero attached hydrogens (tertiary/aromatic N) is 5. The molecule has 222 valence electrons.